The van der Waals surface area contributed by atoms with Crippen LogP contribution in [-0.2, 0) is 17.9 Å². The second kappa shape index (κ2) is 13.3. The quantitative estimate of drug-likeness (QED) is 0.204. The van der Waals surface area contributed by atoms with Crippen molar-refractivity contribution in [3.05, 3.63) is 71.2 Å². The number of aromatic nitrogens is 4. The molecule has 4 N–H and O–H groups in total. The van der Waals surface area contributed by atoms with Crippen LogP contribution in [0.1, 0.15) is 54.2 Å². The van der Waals surface area contributed by atoms with Gasteiger partial charge >= 0.3 is 0 Å². The molecule has 4 heterocycles. The van der Waals surface area contributed by atoms with Gasteiger partial charge in [0, 0.05) is 55.8 Å². The lowest BCUT2D eigenvalue weighted by atomic mass is 9.90. The summed E-state index contributed by atoms with van der Waals surface area (Å²) in [5.74, 6) is 0.600. The summed E-state index contributed by atoms with van der Waals surface area (Å²) in [6.45, 7) is 7.09. The number of carbonyl (C=O) groups excluding carboxylic acids is 1. The van der Waals surface area contributed by atoms with Crippen molar-refractivity contribution in [2.24, 2.45) is 0 Å². The topological polar surface area (TPSA) is 126 Å². The molecule has 1 saturated heterocycles. The van der Waals surface area contributed by atoms with E-state index in [0.29, 0.717) is 31.9 Å². The van der Waals surface area contributed by atoms with Crippen molar-refractivity contribution in [2.45, 2.75) is 64.7 Å². The fourth-order valence-electron chi connectivity index (χ4n) is 6.48. The minimum atomic E-state index is 0.111. The average molecular weight is 596 g/mol. The first-order valence-corrected chi connectivity index (χ1v) is 15.5. The van der Waals surface area contributed by atoms with E-state index >= 15 is 0 Å². The molecular weight excluding hydrogens is 554 g/mol. The fraction of sp³-hybridized carbons (Fsp3) is 0.412. The number of amides is 1. The zero-order valence-electron chi connectivity index (χ0n) is 25.7. The Hall–Kier alpha value is -4.12. The highest BCUT2D eigenvalue weighted by Crippen LogP contribution is 2.37. The van der Waals surface area contributed by atoms with Crippen molar-refractivity contribution in [3.8, 4) is 39.5 Å². The number of hydrogen-bond acceptors (Lipinski definition) is 8. The van der Waals surface area contributed by atoms with Crippen LogP contribution in [0, 0.1) is 13.8 Å². The Morgan fingerprint density at radius 3 is 2.45 bits per heavy atom. The molecule has 0 spiro atoms. The molecule has 0 aliphatic carbocycles. The SMILES string of the molecule is COc1nc(-c2cccc(-c3cccc(-c4cc5n(n4)CCCC5NCCO)c3C)c2C)cnc1CNC[C@@H]1CCC(=O)N1. The molecule has 1 fully saturated rings. The highest BCUT2D eigenvalue weighted by atomic mass is 16.5. The Kier molecular flexibility index (Phi) is 9.02. The van der Waals surface area contributed by atoms with Crippen molar-refractivity contribution >= 4 is 5.91 Å². The molecule has 2 atom stereocenters. The lowest BCUT2D eigenvalue weighted by Gasteiger charge is -2.24. The third-order valence-electron chi connectivity index (χ3n) is 8.82. The van der Waals surface area contributed by atoms with Gasteiger partial charge in [0.05, 0.1) is 37.0 Å². The number of fused-ring (bicyclic) bond motifs is 1. The number of nitrogens with one attached hydrogen (secondary N) is 3. The molecule has 0 bridgehead atoms. The number of aryl methyl sites for hydroxylation is 1. The number of nitrogens with zero attached hydrogens (tertiary/aromatic N) is 4. The molecule has 2 aromatic heterocycles. The van der Waals surface area contributed by atoms with Crippen LogP contribution in [0.25, 0.3) is 33.6 Å². The number of hydrogen-bond donors (Lipinski definition) is 4. The van der Waals surface area contributed by atoms with Gasteiger partial charge in [-0.05, 0) is 61.4 Å². The first-order chi connectivity index (χ1) is 21.5. The molecule has 2 aromatic carbocycles. The molecule has 0 saturated carbocycles. The average Bonchev–Trinajstić information content (AvgIpc) is 3.67. The van der Waals surface area contributed by atoms with E-state index in [1.807, 2.05) is 6.20 Å². The van der Waals surface area contributed by atoms with E-state index in [2.05, 4.69) is 76.9 Å². The smallest absolute Gasteiger partial charge is 0.237 e. The Bertz CT molecular complexity index is 1650. The molecular formula is C34H41N7O3. The fourth-order valence-corrected chi connectivity index (χ4v) is 6.48. The summed E-state index contributed by atoms with van der Waals surface area (Å²) in [5, 5.41) is 24.1. The highest BCUT2D eigenvalue weighted by Gasteiger charge is 2.24. The number of methoxy groups -OCH3 is 1. The van der Waals surface area contributed by atoms with Crippen LogP contribution in [0.3, 0.4) is 0 Å². The lowest BCUT2D eigenvalue weighted by molar-refractivity contribution is -0.119. The molecule has 230 valence electrons. The third kappa shape index (κ3) is 6.10. The Labute approximate surface area is 258 Å². The van der Waals surface area contributed by atoms with Crippen molar-refractivity contribution < 1.29 is 14.6 Å². The van der Waals surface area contributed by atoms with E-state index in [9.17, 15) is 9.90 Å². The van der Waals surface area contributed by atoms with Gasteiger partial charge in [-0.15, -0.1) is 0 Å². The summed E-state index contributed by atoms with van der Waals surface area (Å²) >= 11 is 0. The molecule has 44 heavy (non-hydrogen) atoms. The number of carbonyl (C=O) groups is 1. The Morgan fingerprint density at radius 2 is 1.77 bits per heavy atom. The van der Waals surface area contributed by atoms with Gasteiger partial charge in [-0.3, -0.25) is 14.5 Å². The van der Waals surface area contributed by atoms with E-state index < -0.39 is 0 Å². The van der Waals surface area contributed by atoms with Crippen molar-refractivity contribution in [2.75, 3.05) is 26.8 Å². The first-order valence-electron chi connectivity index (χ1n) is 15.5. The summed E-state index contributed by atoms with van der Waals surface area (Å²) in [6.07, 6.45) is 5.35. The molecule has 1 unspecified atom stereocenters. The maximum atomic E-state index is 11.5. The maximum absolute atomic E-state index is 11.5. The predicted molar refractivity (Wildman–Crippen MR) is 170 cm³/mol. The van der Waals surface area contributed by atoms with Crippen molar-refractivity contribution in [3.63, 3.8) is 0 Å². The molecule has 6 rings (SSSR count). The van der Waals surface area contributed by atoms with Crippen LogP contribution in [0.2, 0.25) is 0 Å². The van der Waals surface area contributed by atoms with Gasteiger partial charge in [-0.1, -0.05) is 36.4 Å². The van der Waals surface area contributed by atoms with Gasteiger partial charge in [-0.2, -0.15) is 5.10 Å². The summed E-state index contributed by atoms with van der Waals surface area (Å²) in [6, 6.07) is 15.3. The van der Waals surface area contributed by atoms with Crippen molar-refractivity contribution in [1.29, 1.82) is 0 Å². The number of aliphatic hydroxyl groups is 1. The van der Waals surface area contributed by atoms with Crippen molar-refractivity contribution in [1.82, 2.24) is 35.7 Å². The zero-order chi connectivity index (χ0) is 30.6. The van der Waals surface area contributed by atoms with Crippen LogP contribution in [-0.4, -0.2) is 63.6 Å². The van der Waals surface area contributed by atoms with E-state index in [4.69, 9.17) is 19.8 Å². The maximum Gasteiger partial charge on any atom is 0.237 e. The standard InChI is InChI=1S/C34H41N7O3/c1-21-24(7-4-9-26(21)29-17-32-28(36-14-16-42)11-6-15-41(32)40-29)25-8-5-10-27(22(25)2)30-20-37-31(34(39-30)44-3)19-35-18-23-12-13-33(43)38-23/h4-5,7-10,17,20,23,28,35-36,42H,6,11-16,18-19H2,1-3H3,(H,38,43)/t23-,28?/m0/s1. The van der Waals surface area contributed by atoms with E-state index in [-0.39, 0.29) is 24.6 Å². The van der Waals surface area contributed by atoms with Gasteiger partial charge in [-0.25, -0.2) is 4.98 Å². The van der Waals surface area contributed by atoms with E-state index in [1.54, 1.807) is 7.11 Å². The van der Waals surface area contributed by atoms with E-state index in [0.717, 1.165) is 70.7 Å². The molecule has 10 nitrogen and oxygen atoms in total. The molecule has 0 radical (unpaired) electrons. The normalized spacial score (nSPS) is 17.9. The second-order valence-corrected chi connectivity index (χ2v) is 11.7. The summed E-state index contributed by atoms with van der Waals surface area (Å²) in [4.78, 5) is 21.0. The number of benzene rings is 2. The zero-order valence-corrected chi connectivity index (χ0v) is 25.7. The Morgan fingerprint density at radius 1 is 1.05 bits per heavy atom. The van der Waals surface area contributed by atoms with Crippen LogP contribution in [0.15, 0.2) is 48.7 Å². The van der Waals surface area contributed by atoms with Gasteiger partial charge in [0.25, 0.3) is 0 Å². The highest BCUT2D eigenvalue weighted by molar-refractivity contribution is 5.82. The number of ether oxygens (including phenoxy) is 1. The summed E-state index contributed by atoms with van der Waals surface area (Å²) in [7, 11) is 1.62. The second-order valence-electron chi connectivity index (χ2n) is 11.7. The van der Waals surface area contributed by atoms with Crippen LogP contribution in [0.5, 0.6) is 5.88 Å². The predicted octanol–water partition coefficient (Wildman–Crippen LogP) is 4.08. The minimum absolute atomic E-state index is 0.111. The number of rotatable bonds is 11. The van der Waals surface area contributed by atoms with Crippen LogP contribution in [0.4, 0.5) is 0 Å². The summed E-state index contributed by atoms with van der Waals surface area (Å²) < 4.78 is 7.75. The first kappa shape index (κ1) is 29.9. The van der Waals surface area contributed by atoms with Gasteiger partial charge in [0.15, 0.2) is 0 Å². The number of aliphatic hydroxyl groups excluding tert-OH is 1. The Balaban J connectivity index is 1.26. The minimum Gasteiger partial charge on any atom is -0.480 e. The summed E-state index contributed by atoms with van der Waals surface area (Å²) in [5.41, 5.74) is 10.3. The molecule has 10 heteroatoms. The van der Waals surface area contributed by atoms with Crippen LogP contribution >= 0.6 is 0 Å². The lowest BCUT2D eigenvalue weighted by Crippen LogP contribution is -2.35. The molecule has 1 amide bonds. The van der Waals surface area contributed by atoms with Gasteiger partial charge in [0.2, 0.25) is 11.8 Å². The van der Waals surface area contributed by atoms with Gasteiger partial charge < -0.3 is 25.8 Å². The molecule has 2 aliphatic heterocycles. The largest absolute Gasteiger partial charge is 0.480 e. The van der Waals surface area contributed by atoms with Gasteiger partial charge in [0.1, 0.15) is 5.69 Å². The third-order valence-corrected chi connectivity index (χ3v) is 8.82. The monoisotopic (exact) mass is 595 g/mol. The molecule has 4 aromatic rings. The molecule has 2 aliphatic rings. The van der Waals surface area contributed by atoms with E-state index in [1.165, 1.54) is 11.3 Å². The van der Waals surface area contributed by atoms with Crippen LogP contribution < -0.4 is 20.7 Å².